The van der Waals surface area contributed by atoms with Crippen LogP contribution in [-0.4, -0.2) is 39.7 Å². The van der Waals surface area contributed by atoms with Crippen molar-refractivity contribution in [3.63, 3.8) is 0 Å². The maximum atomic E-state index is 12.7. The average Bonchev–Trinajstić information content (AvgIpc) is 3.20. The first-order valence-corrected chi connectivity index (χ1v) is 10.9. The minimum atomic E-state index is -3.75. The number of benzene rings is 1. The van der Waals surface area contributed by atoms with Crippen LogP contribution in [0.1, 0.15) is 38.2 Å². The quantitative estimate of drug-likeness (QED) is 0.651. The highest BCUT2D eigenvalue weighted by molar-refractivity contribution is 7.92. The first-order valence-electron chi connectivity index (χ1n) is 9.43. The summed E-state index contributed by atoms with van der Waals surface area (Å²) < 4.78 is 38.9. The molecule has 0 aliphatic carbocycles. The highest BCUT2D eigenvalue weighted by Crippen LogP contribution is 2.28. The van der Waals surface area contributed by atoms with Crippen LogP contribution in [0.15, 0.2) is 41.3 Å². The highest BCUT2D eigenvalue weighted by Gasteiger charge is 2.19. The molecular formula is C20H28ClN3O4S. The lowest BCUT2D eigenvalue weighted by Crippen LogP contribution is -2.28. The summed E-state index contributed by atoms with van der Waals surface area (Å²) in [6, 6.07) is 10.4. The molecule has 0 radical (unpaired) electrons. The Hall–Kier alpha value is -2.03. The summed E-state index contributed by atoms with van der Waals surface area (Å²) in [5.41, 5.74) is 1.35. The van der Waals surface area contributed by atoms with Crippen molar-refractivity contribution >= 4 is 28.1 Å². The van der Waals surface area contributed by atoms with Crippen LogP contribution in [0.3, 0.4) is 0 Å². The second-order valence-corrected chi connectivity index (χ2v) is 8.82. The molecule has 0 bridgehead atoms. The number of aromatic nitrogens is 1. The van der Waals surface area contributed by atoms with Gasteiger partial charge in [-0.3, -0.25) is 4.72 Å². The maximum Gasteiger partial charge on any atom is 0.262 e. The van der Waals surface area contributed by atoms with E-state index in [-0.39, 0.29) is 28.9 Å². The van der Waals surface area contributed by atoms with Crippen molar-refractivity contribution in [1.29, 1.82) is 0 Å². The topological polar surface area (TPSA) is 89.6 Å². The van der Waals surface area contributed by atoms with Crippen LogP contribution in [0.2, 0.25) is 0 Å². The molecule has 3 rings (SSSR count). The number of halogens is 1. The van der Waals surface area contributed by atoms with E-state index in [2.05, 4.69) is 28.9 Å². The van der Waals surface area contributed by atoms with E-state index in [0.717, 1.165) is 24.9 Å². The van der Waals surface area contributed by atoms with E-state index >= 15 is 0 Å². The fourth-order valence-electron chi connectivity index (χ4n) is 3.06. The fraction of sp³-hybridized carbons (Fsp3) is 0.450. The molecule has 1 aliphatic heterocycles. The molecule has 9 heteroatoms. The lowest BCUT2D eigenvalue weighted by atomic mass is 10.0. The first-order chi connectivity index (χ1) is 13.4. The number of nitrogens with one attached hydrogen (secondary N) is 2. The Morgan fingerprint density at radius 3 is 2.52 bits per heavy atom. The zero-order chi connectivity index (χ0) is 20.1. The van der Waals surface area contributed by atoms with E-state index in [4.69, 9.17) is 9.47 Å². The molecule has 0 saturated carbocycles. The molecule has 7 nitrogen and oxygen atoms in total. The molecule has 0 amide bonds. The third kappa shape index (κ3) is 5.98. The van der Waals surface area contributed by atoms with Gasteiger partial charge in [0, 0.05) is 12.1 Å². The molecule has 0 spiro atoms. The number of rotatable bonds is 8. The number of methoxy groups -OCH3 is 1. The fourth-order valence-corrected chi connectivity index (χ4v) is 4.11. The number of pyridine rings is 1. The minimum absolute atomic E-state index is 0. The normalized spacial score (nSPS) is 16.3. The standard InChI is InChI=1S/C20H27N3O4S.ClH/c1-14(2)15-6-8-17(9-7-15)28(24,25)23-18-10-11-19(22-20(18)26-3)27-13-16-5-4-12-21-16;/h6-11,14,16,21,23H,4-5,12-13H2,1-3H3;1H/t16-;/m1./s1. The van der Waals surface area contributed by atoms with Gasteiger partial charge >= 0.3 is 0 Å². The van der Waals surface area contributed by atoms with Gasteiger partial charge in [0.1, 0.15) is 12.3 Å². The Labute approximate surface area is 178 Å². The minimum Gasteiger partial charge on any atom is -0.479 e. The number of hydrogen-bond acceptors (Lipinski definition) is 6. The number of sulfonamides is 1. The molecule has 2 aromatic rings. The summed E-state index contributed by atoms with van der Waals surface area (Å²) in [5.74, 6) is 0.898. The SMILES string of the molecule is COc1nc(OC[C@H]2CCCN2)ccc1NS(=O)(=O)c1ccc(C(C)C)cc1.Cl. The summed E-state index contributed by atoms with van der Waals surface area (Å²) in [6.07, 6.45) is 2.22. The second-order valence-electron chi connectivity index (χ2n) is 7.14. The first kappa shape index (κ1) is 23.3. The van der Waals surface area contributed by atoms with Gasteiger partial charge in [0.2, 0.25) is 11.8 Å². The molecule has 1 fully saturated rings. The summed E-state index contributed by atoms with van der Waals surface area (Å²) in [6.45, 7) is 5.64. The Kier molecular flexibility index (Phi) is 8.13. The van der Waals surface area contributed by atoms with E-state index < -0.39 is 10.0 Å². The third-order valence-corrected chi connectivity index (χ3v) is 6.11. The maximum absolute atomic E-state index is 12.7. The monoisotopic (exact) mass is 441 g/mol. The van der Waals surface area contributed by atoms with Gasteiger partial charge in [-0.1, -0.05) is 26.0 Å². The van der Waals surface area contributed by atoms with Gasteiger partial charge in [0.25, 0.3) is 10.0 Å². The van der Waals surface area contributed by atoms with Crippen molar-refractivity contribution in [1.82, 2.24) is 10.3 Å². The van der Waals surface area contributed by atoms with Gasteiger partial charge in [-0.25, -0.2) is 8.42 Å². The van der Waals surface area contributed by atoms with Crippen LogP contribution in [0.4, 0.5) is 5.69 Å². The zero-order valence-electron chi connectivity index (χ0n) is 16.8. The van der Waals surface area contributed by atoms with Crippen molar-refractivity contribution in [3.05, 3.63) is 42.0 Å². The number of nitrogens with zero attached hydrogens (tertiary/aromatic N) is 1. The molecule has 2 N–H and O–H groups in total. The van der Waals surface area contributed by atoms with Gasteiger partial charge in [0.15, 0.2) is 0 Å². The van der Waals surface area contributed by atoms with Crippen LogP contribution in [0.5, 0.6) is 11.8 Å². The van der Waals surface area contributed by atoms with E-state index in [0.29, 0.717) is 24.4 Å². The Morgan fingerprint density at radius 1 is 1.21 bits per heavy atom. The highest BCUT2D eigenvalue weighted by atomic mass is 35.5. The van der Waals surface area contributed by atoms with Crippen LogP contribution >= 0.6 is 12.4 Å². The van der Waals surface area contributed by atoms with Crippen LogP contribution < -0.4 is 19.5 Å². The predicted octanol–water partition coefficient (Wildman–Crippen LogP) is 3.57. The van der Waals surface area contributed by atoms with E-state index in [1.54, 1.807) is 24.3 Å². The largest absolute Gasteiger partial charge is 0.479 e. The van der Waals surface area contributed by atoms with Crippen LogP contribution in [0, 0.1) is 0 Å². The van der Waals surface area contributed by atoms with Crippen molar-refractivity contribution in [2.24, 2.45) is 0 Å². The van der Waals surface area contributed by atoms with E-state index in [9.17, 15) is 8.42 Å². The molecule has 1 aliphatic rings. The lowest BCUT2D eigenvalue weighted by Gasteiger charge is -2.15. The Morgan fingerprint density at radius 2 is 1.93 bits per heavy atom. The summed E-state index contributed by atoms with van der Waals surface area (Å²) >= 11 is 0. The Bertz CT molecular complexity index is 898. The average molecular weight is 442 g/mol. The molecule has 1 atom stereocenters. The van der Waals surface area contributed by atoms with Crippen LogP contribution in [0.25, 0.3) is 0 Å². The molecule has 2 heterocycles. The number of hydrogen-bond donors (Lipinski definition) is 2. The molecule has 29 heavy (non-hydrogen) atoms. The second kappa shape index (κ2) is 10.1. The van der Waals surface area contributed by atoms with E-state index in [1.807, 2.05) is 12.1 Å². The van der Waals surface area contributed by atoms with Crippen LogP contribution in [-0.2, 0) is 10.0 Å². The van der Waals surface area contributed by atoms with Gasteiger partial charge in [-0.05, 0) is 49.1 Å². The number of anilines is 1. The van der Waals surface area contributed by atoms with Gasteiger partial charge < -0.3 is 14.8 Å². The van der Waals surface area contributed by atoms with Crippen molar-refractivity contribution < 1.29 is 17.9 Å². The van der Waals surface area contributed by atoms with Crippen molar-refractivity contribution in [3.8, 4) is 11.8 Å². The smallest absolute Gasteiger partial charge is 0.262 e. The van der Waals surface area contributed by atoms with Gasteiger partial charge in [-0.2, -0.15) is 4.98 Å². The summed E-state index contributed by atoms with van der Waals surface area (Å²) in [5, 5.41) is 3.35. The predicted molar refractivity (Wildman–Crippen MR) is 116 cm³/mol. The molecule has 160 valence electrons. The number of ether oxygens (including phenoxy) is 2. The van der Waals surface area contributed by atoms with Gasteiger partial charge in [-0.15, -0.1) is 12.4 Å². The van der Waals surface area contributed by atoms with Crippen molar-refractivity contribution in [2.75, 3.05) is 25.0 Å². The molecule has 1 aromatic carbocycles. The van der Waals surface area contributed by atoms with Gasteiger partial charge in [0.05, 0.1) is 12.0 Å². The van der Waals surface area contributed by atoms with Crippen molar-refractivity contribution in [2.45, 2.75) is 43.5 Å². The lowest BCUT2D eigenvalue weighted by molar-refractivity contribution is 0.263. The summed E-state index contributed by atoms with van der Waals surface area (Å²) in [4.78, 5) is 4.45. The zero-order valence-corrected chi connectivity index (χ0v) is 18.5. The molecule has 0 unspecified atom stereocenters. The third-order valence-electron chi connectivity index (χ3n) is 4.72. The molecule has 1 aromatic heterocycles. The summed E-state index contributed by atoms with van der Waals surface area (Å²) in [7, 11) is -2.30. The Balaban J connectivity index is 0.00000300. The van der Waals surface area contributed by atoms with E-state index in [1.165, 1.54) is 7.11 Å². The molecule has 1 saturated heterocycles. The molecular weight excluding hydrogens is 414 g/mol.